The van der Waals surface area contributed by atoms with Crippen LogP contribution in [0.1, 0.15) is 29.9 Å². The maximum absolute atomic E-state index is 15.1. The van der Waals surface area contributed by atoms with Crippen LogP contribution in [0.2, 0.25) is 5.02 Å². The molecule has 1 saturated carbocycles. The minimum atomic E-state index is -1.81. The van der Waals surface area contributed by atoms with Gasteiger partial charge in [-0.3, -0.25) is 29.5 Å². The molecule has 4 N–H and O–H groups in total. The number of imide groups is 2. The van der Waals surface area contributed by atoms with E-state index in [2.05, 4.69) is 5.43 Å². The zero-order chi connectivity index (χ0) is 35.8. The molecule has 3 fully saturated rings. The number of hydrogen-bond donors (Lipinski definition) is 4. The molecule has 51 heavy (non-hydrogen) atoms. The third kappa shape index (κ3) is 5.00. The number of carbonyl (C=O) groups excluding carboxylic acids is 4. The summed E-state index contributed by atoms with van der Waals surface area (Å²) in [7, 11) is -1.81. The monoisotopic (exact) mass is 705 g/mol. The van der Waals surface area contributed by atoms with Crippen molar-refractivity contribution in [3.63, 3.8) is 0 Å². The fourth-order valence-electron chi connectivity index (χ4n) is 8.81. The summed E-state index contributed by atoms with van der Waals surface area (Å²) in [6.07, 6.45) is 2.11. The summed E-state index contributed by atoms with van der Waals surface area (Å²) < 4.78 is 13.8. The van der Waals surface area contributed by atoms with Gasteiger partial charge in [0.15, 0.2) is 0 Å². The second-order valence-electron chi connectivity index (χ2n) is 13.4. The highest BCUT2D eigenvalue weighted by Gasteiger charge is 2.70. The van der Waals surface area contributed by atoms with Crippen LogP contribution in [0.5, 0.6) is 5.75 Å². The molecule has 6 unspecified atom stereocenters. The highest BCUT2D eigenvalue weighted by molar-refractivity contribution is 6.58. The van der Waals surface area contributed by atoms with Crippen LogP contribution >= 0.6 is 11.6 Å². The lowest BCUT2D eigenvalue weighted by molar-refractivity contribution is -0.138. The van der Waals surface area contributed by atoms with Crippen LogP contribution in [0.15, 0.2) is 109 Å². The number of hydrogen-bond acceptors (Lipinski definition) is 8. The molecule has 2 aliphatic heterocycles. The largest absolute Gasteiger partial charge is 0.508 e. The van der Waals surface area contributed by atoms with Crippen LogP contribution in [-0.4, -0.2) is 50.9 Å². The van der Waals surface area contributed by atoms with Crippen molar-refractivity contribution < 1.29 is 38.7 Å². The number of phenolic OH excluding ortho intramolecular Hbond substituents is 1. The van der Waals surface area contributed by atoms with Crippen molar-refractivity contribution in [3.8, 4) is 5.75 Å². The van der Waals surface area contributed by atoms with Crippen molar-refractivity contribution in [3.05, 3.63) is 131 Å². The number of hydrazine groups is 1. The van der Waals surface area contributed by atoms with Gasteiger partial charge in [0.2, 0.25) is 11.8 Å². The maximum Gasteiger partial charge on any atom is 0.488 e. The highest BCUT2D eigenvalue weighted by atomic mass is 35.5. The van der Waals surface area contributed by atoms with Gasteiger partial charge in [0.05, 0.1) is 34.5 Å². The Morgan fingerprint density at radius 1 is 0.843 bits per heavy atom. The summed E-state index contributed by atoms with van der Waals surface area (Å²) in [6.45, 7) is 0. The van der Waals surface area contributed by atoms with Gasteiger partial charge in [-0.15, -0.1) is 0 Å². The van der Waals surface area contributed by atoms with Gasteiger partial charge in [0.1, 0.15) is 11.6 Å². The number of benzene rings is 4. The summed E-state index contributed by atoms with van der Waals surface area (Å²) in [5, 5.41) is 31.7. The van der Waals surface area contributed by atoms with E-state index in [0.29, 0.717) is 27.4 Å². The molecule has 0 spiro atoms. The van der Waals surface area contributed by atoms with E-state index in [-0.39, 0.29) is 29.7 Å². The number of carbonyl (C=O) groups is 4. The summed E-state index contributed by atoms with van der Waals surface area (Å²) >= 11 is 6.32. The van der Waals surface area contributed by atoms with Crippen molar-refractivity contribution in [1.29, 1.82) is 0 Å². The van der Waals surface area contributed by atoms with E-state index in [1.165, 1.54) is 48.5 Å². The molecule has 8 rings (SSSR count). The summed E-state index contributed by atoms with van der Waals surface area (Å²) in [5.74, 6) is -6.84. The second kappa shape index (κ2) is 12.2. The molecule has 4 aliphatic rings. The van der Waals surface area contributed by atoms with Gasteiger partial charge in [-0.2, -0.15) is 5.01 Å². The first-order chi connectivity index (χ1) is 24.5. The van der Waals surface area contributed by atoms with Gasteiger partial charge in [-0.1, -0.05) is 59.6 Å². The average molecular weight is 706 g/mol. The number of allylic oxidation sites excluding steroid dienone is 2. The predicted molar refractivity (Wildman–Crippen MR) is 186 cm³/mol. The number of aromatic hydroxyl groups is 1. The average Bonchev–Trinajstić information content (AvgIpc) is 3.50. The lowest BCUT2D eigenvalue weighted by Crippen LogP contribution is -2.53. The Hall–Kier alpha value is -5.30. The van der Waals surface area contributed by atoms with Gasteiger partial charge in [0, 0.05) is 10.9 Å². The predicted octanol–water partition coefficient (Wildman–Crippen LogP) is 4.05. The van der Waals surface area contributed by atoms with Crippen LogP contribution in [0, 0.1) is 29.5 Å². The first kappa shape index (κ1) is 32.9. The van der Waals surface area contributed by atoms with E-state index in [9.17, 15) is 33.9 Å². The number of halogens is 2. The zero-order valence-electron chi connectivity index (χ0n) is 26.8. The van der Waals surface area contributed by atoms with Crippen molar-refractivity contribution in [2.24, 2.45) is 23.7 Å². The Morgan fingerprint density at radius 3 is 2.27 bits per heavy atom. The van der Waals surface area contributed by atoms with Crippen LogP contribution in [0.4, 0.5) is 15.8 Å². The molecule has 2 heterocycles. The molecule has 0 bridgehead atoms. The van der Waals surface area contributed by atoms with Gasteiger partial charge in [-0.05, 0) is 96.0 Å². The number of rotatable bonds is 6. The van der Waals surface area contributed by atoms with E-state index in [0.717, 1.165) is 9.91 Å². The molecule has 4 aromatic carbocycles. The topological polar surface area (TPSA) is 147 Å². The van der Waals surface area contributed by atoms with Crippen molar-refractivity contribution >= 4 is 59.2 Å². The number of amides is 4. The van der Waals surface area contributed by atoms with E-state index in [1.54, 1.807) is 48.5 Å². The molecule has 10 nitrogen and oxygen atoms in total. The van der Waals surface area contributed by atoms with E-state index in [4.69, 9.17) is 11.6 Å². The van der Waals surface area contributed by atoms with Crippen LogP contribution in [0.3, 0.4) is 0 Å². The molecule has 2 aliphatic carbocycles. The van der Waals surface area contributed by atoms with E-state index < -0.39 is 71.6 Å². The number of fused-ring (bicyclic) bond motifs is 4. The van der Waals surface area contributed by atoms with Crippen molar-refractivity contribution in [1.82, 2.24) is 5.01 Å². The Labute approximate surface area is 296 Å². The number of nitrogens with zero attached hydrogens (tertiary/aromatic N) is 2. The Balaban J connectivity index is 1.30. The lowest BCUT2D eigenvalue weighted by Gasteiger charge is -2.50. The Kier molecular flexibility index (Phi) is 7.86. The first-order valence-corrected chi connectivity index (χ1v) is 16.9. The minimum Gasteiger partial charge on any atom is -0.508 e. The third-order valence-electron chi connectivity index (χ3n) is 10.9. The number of anilines is 2. The smallest absolute Gasteiger partial charge is 0.488 e. The fourth-order valence-corrected chi connectivity index (χ4v) is 8.94. The molecular formula is C38H30BClFN3O7. The molecule has 6 atom stereocenters. The summed E-state index contributed by atoms with van der Waals surface area (Å²) in [6, 6.07) is 24.3. The Bertz CT molecular complexity index is 2150. The normalized spacial score (nSPS) is 26.8. The van der Waals surface area contributed by atoms with E-state index >= 15 is 4.79 Å². The first-order valence-electron chi connectivity index (χ1n) is 16.5. The molecule has 4 amide bonds. The van der Waals surface area contributed by atoms with E-state index in [1.807, 2.05) is 6.08 Å². The van der Waals surface area contributed by atoms with Crippen molar-refractivity contribution in [2.75, 3.05) is 10.3 Å². The van der Waals surface area contributed by atoms with Crippen LogP contribution in [-0.2, 0) is 24.6 Å². The molecular weight excluding hydrogens is 676 g/mol. The maximum atomic E-state index is 15.1. The highest BCUT2D eigenvalue weighted by Crippen LogP contribution is 2.64. The SMILES string of the molecule is O=C1C2CC3C(=CCC4C(=O)N(c5cccc(B(O)O)c5)C(=O)C43)C(c3cccc(O)c3)C2(c2ccc(Cl)cc2)C(=O)N1Nc1ccc(F)cc1. The minimum absolute atomic E-state index is 0.0410. The Morgan fingerprint density at radius 2 is 1.57 bits per heavy atom. The summed E-state index contributed by atoms with van der Waals surface area (Å²) in [4.78, 5) is 59.3. The van der Waals surface area contributed by atoms with Gasteiger partial charge >= 0.3 is 7.12 Å². The van der Waals surface area contributed by atoms with Crippen LogP contribution < -0.4 is 15.8 Å². The third-order valence-corrected chi connectivity index (χ3v) is 11.1. The molecule has 4 aromatic rings. The molecule has 0 aromatic heterocycles. The number of nitrogens with one attached hydrogen (secondary N) is 1. The quantitative estimate of drug-likeness (QED) is 0.134. The lowest BCUT2D eigenvalue weighted by atomic mass is 9.49. The fraction of sp³-hybridized carbons (Fsp3) is 0.211. The van der Waals surface area contributed by atoms with Gasteiger partial charge in [0.25, 0.3) is 11.8 Å². The zero-order valence-corrected chi connectivity index (χ0v) is 27.6. The van der Waals surface area contributed by atoms with Gasteiger partial charge in [-0.25, -0.2) is 4.39 Å². The standard InChI is InChI=1S/C38H30BClFN3O7/c40-23-9-7-21(8-10-23)38-31(35(47)44(37(38)49)42-25-13-11-24(41)12-14-25)19-30-28(33(38)20-3-1-6-27(45)17-20)15-16-29-32(30)36(48)43(34(29)46)26-5-2-4-22(18-26)39(50)51/h1-15,17-18,29-33,42,45,50-51H,16,19H2. The summed E-state index contributed by atoms with van der Waals surface area (Å²) in [5.41, 5.74) is 3.67. The molecule has 2 saturated heterocycles. The van der Waals surface area contributed by atoms with Crippen molar-refractivity contribution in [2.45, 2.75) is 24.2 Å². The van der Waals surface area contributed by atoms with Gasteiger partial charge < -0.3 is 15.2 Å². The second-order valence-corrected chi connectivity index (χ2v) is 13.9. The van der Waals surface area contributed by atoms with Crippen LogP contribution in [0.25, 0.3) is 0 Å². The molecule has 13 heteroatoms. The molecule has 0 radical (unpaired) electrons. The molecule has 256 valence electrons. The number of phenols is 1.